The first-order valence-corrected chi connectivity index (χ1v) is 5.44. The summed E-state index contributed by atoms with van der Waals surface area (Å²) in [7, 11) is 0. The Morgan fingerprint density at radius 2 is 1.43 bits per heavy atom. The maximum Gasteiger partial charge on any atom is 0.237 e. The Hall–Kier alpha value is -1.15. The molecule has 0 aliphatic carbocycles. The van der Waals surface area contributed by atoms with Crippen LogP contribution in [0.1, 0.15) is 10.5 Å². The second-order valence-corrected chi connectivity index (χ2v) is 3.94. The minimum Gasteiger partial charge on any atom is -0.188 e. The van der Waals surface area contributed by atoms with Crippen molar-refractivity contribution in [3.05, 3.63) is 66.5 Å². The van der Waals surface area contributed by atoms with E-state index in [1.807, 2.05) is 48.8 Å². The molecule has 0 fully saturated rings. The first-order valence-electron chi connectivity index (χ1n) is 4.53. The summed E-state index contributed by atoms with van der Waals surface area (Å²) in [5.74, 6) is 0. The van der Waals surface area contributed by atoms with Gasteiger partial charge in [0.25, 0.3) is 0 Å². The predicted molar refractivity (Wildman–Crippen MR) is 60.1 cm³/mol. The average Bonchev–Trinajstić information content (AvgIpc) is 2.30. The summed E-state index contributed by atoms with van der Waals surface area (Å²) in [6, 6.07) is 16.4. The summed E-state index contributed by atoms with van der Waals surface area (Å²) >= 11 is 3.66. The maximum absolute atomic E-state index is 3.66. The van der Waals surface area contributed by atoms with E-state index in [4.69, 9.17) is 0 Å². The first-order chi connectivity index (χ1) is 6.88. The van der Waals surface area contributed by atoms with Crippen molar-refractivity contribution in [1.29, 1.82) is 0 Å². The van der Waals surface area contributed by atoms with Crippen molar-refractivity contribution in [2.45, 2.75) is 4.95 Å². The van der Waals surface area contributed by atoms with Gasteiger partial charge in [-0.25, -0.2) is 0 Å². The van der Waals surface area contributed by atoms with Crippen LogP contribution in [0.5, 0.6) is 0 Å². The highest BCUT2D eigenvalue weighted by molar-refractivity contribution is 9.09. The van der Waals surface area contributed by atoms with Crippen LogP contribution >= 0.6 is 15.9 Å². The van der Waals surface area contributed by atoms with Crippen molar-refractivity contribution in [3.63, 3.8) is 0 Å². The number of halogens is 1. The van der Waals surface area contributed by atoms with Crippen molar-refractivity contribution in [3.8, 4) is 0 Å². The van der Waals surface area contributed by atoms with E-state index in [-0.39, 0.29) is 4.95 Å². The quantitative estimate of drug-likeness (QED) is 0.569. The summed E-state index contributed by atoms with van der Waals surface area (Å²) in [5, 5.41) is 0. The molecule has 2 heteroatoms. The van der Waals surface area contributed by atoms with Gasteiger partial charge in [-0.05, 0) is 15.9 Å². The van der Waals surface area contributed by atoms with Gasteiger partial charge in [0.05, 0.1) is 0 Å². The molecular weight excluding hydrogens is 238 g/mol. The van der Waals surface area contributed by atoms with Gasteiger partial charge < -0.3 is 0 Å². The van der Waals surface area contributed by atoms with E-state index in [0.29, 0.717) is 0 Å². The van der Waals surface area contributed by atoms with Crippen LogP contribution in [0.3, 0.4) is 0 Å². The Balaban J connectivity index is 2.30. The molecular formula is C12H11BrN+. The van der Waals surface area contributed by atoms with E-state index in [0.717, 1.165) is 0 Å². The van der Waals surface area contributed by atoms with Crippen LogP contribution in [-0.4, -0.2) is 0 Å². The van der Waals surface area contributed by atoms with Gasteiger partial charge in [0.1, 0.15) is 0 Å². The lowest BCUT2D eigenvalue weighted by Crippen LogP contribution is -2.35. The van der Waals surface area contributed by atoms with Gasteiger partial charge >= 0.3 is 0 Å². The molecule has 14 heavy (non-hydrogen) atoms. The van der Waals surface area contributed by atoms with Gasteiger partial charge in [0.15, 0.2) is 12.4 Å². The highest BCUT2D eigenvalue weighted by atomic mass is 79.9. The number of alkyl halides is 1. The van der Waals surface area contributed by atoms with Crippen LogP contribution in [-0.2, 0) is 0 Å². The Morgan fingerprint density at radius 3 is 2.07 bits per heavy atom. The smallest absolute Gasteiger partial charge is 0.188 e. The minimum atomic E-state index is 0.213. The van der Waals surface area contributed by atoms with Crippen LogP contribution in [0.25, 0.3) is 0 Å². The molecule has 0 radical (unpaired) electrons. The predicted octanol–water partition coefficient (Wildman–Crippen LogP) is 2.92. The molecule has 0 aliphatic heterocycles. The highest BCUT2D eigenvalue weighted by Crippen LogP contribution is 2.17. The largest absolute Gasteiger partial charge is 0.237 e. The zero-order chi connectivity index (χ0) is 9.80. The molecule has 70 valence electrons. The molecule has 1 aromatic heterocycles. The van der Waals surface area contributed by atoms with Gasteiger partial charge in [0.2, 0.25) is 4.95 Å². The summed E-state index contributed by atoms with van der Waals surface area (Å²) in [6.07, 6.45) is 4.10. The molecule has 0 spiro atoms. The van der Waals surface area contributed by atoms with Gasteiger partial charge in [0, 0.05) is 17.7 Å². The Bertz CT molecular complexity index is 346. The molecule has 0 N–H and O–H groups in total. The average molecular weight is 249 g/mol. The Labute approximate surface area is 92.2 Å². The minimum absolute atomic E-state index is 0.213. The van der Waals surface area contributed by atoms with E-state index >= 15 is 0 Å². The Kier molecular flexibility index (Phi) is 2.94. The van der Waals surface area contributed by atoms with Crippen LogP contribution in [0.15, 0.2) is 60.9 Å². The van der Waals surface area contributed by atoms with Gasteiger partial charge in [-0.3, -0.25) is 0 Å². The molecule has 1 atom stereocenters. The molecule has 0 amide bonds. The van der Waals surface area contributed by atoms with Crippen LogP contribution in [0.2, 0.25) is 0 Å². The van der Waals surface area contributed by atoms with E-state index in [1.54, 1.807) is 0 Å². The van der Waals surface area contributed by atoms with Crippen molar-refractivity contribution in [2.24, 2.45) is 0 Å². The topological polar surface area (TPSA) is 3.88 Å². The third-order valence-corrected chi connectivity index (χ3v) is 3.08. The molecule has 2 aromatic rings. The summed E-state index contributed by atoms with van der Waals surface area (Å²) in [4.78, 5) is 0.213. The molecule has 0 saturated carbocycles. The van der Waals surface area contributed by atoms with Gasteiger partial charge in [-0.1, -0.05) is 36.4 Å². The molecule has 0 bridgehead atoms. The fourth-order valence-electron chi connectivity index (χ4n) is 1.35. The van der Waals surface area contributed by atoms with Crippen molar-refractivity contribution < 1.29 is 4.57 Å². The van der Waals surface area contributed by atoms with Crippen LogP contribution in [0, 0.1) is 0 Å². The molecule has 1 heterocycles. The third kappa shape index (κ3) is 2.02. The lowest BCUT2D eigenvalue weighted by molar-refractivity contribution is -0.689. The van der Waals surface area contributed by atoms with E-state index in [9.17, 15) is 0 Å². The lowest BCUT2D eigenvalue weighted by atomic mass is 10.2. The fourth-order valence-corrected chi connectivity index (χ4v) is 1.93. The molecule has 2 rings (SSSR count). The van der Waals surface area contributed by atoms with Crippen molar-refractivity contribution in [1.82, 2.24) is 0 Å². The molecule has 1 unspecified atom stereocenters. The number of hydrogen-bond donors (Lipinski definition) is 0. The SMILES string of the molecule is BrC(c1ccccc1)[n+]1ccccc1. The fraction of sp³-hybridized carbons (Fsp3) is 0.0833. The number of hydrogen-bond acceptors (Lipinski definition) is 0. The van der Waals surface area contributed by atoms with E-state index in [1.165, 1.54) is 5.56 Å². The van der Waals surface area contributed by atoms with Gasteiger partial charge in [-0.15, -0.1) is 0 Å². The molecule has 1 aromatic carbocycles. The summed E-state index contributed by atoms with van der Waals surface area (Å²) < 4.78 is 2.12. The second kappa shape index (κ2) is 4.38. The van der Waals surface area contributed by atoms with Crippen LogP contribution < -0.4 is 4.57 Å². The van der Waals surface area contributed by atoms with Crippen molar-refractivity contribution >= 4 is 15.9 Å². The number of benzene rings is 1. The number of rotatable bonds is 2. The molecule has 0 saturated heterocycles. The number of pyridine rings is 1. The molecule has 1 nitrogen and oxygen atoms in total. The Morgan fingerprint density at radius 1 is 0.857 bits per heavy atom. The molecule has 0 aliphatic rings. The van der Waals surface area contributed by atoms with E-state index in [2.05, 4.69) is 32.6 Å². The lowest BCUT2D eigenvalue weighted by Gasteiger charge is -2.04. The first kappa shape index (κ1) is 9.41. The third-order valence-electron chi connectivity index (χ3n) is 2.08. The second-order valence-electron chi connectivity index (χ2n) is 3.07. The van der Waals surface area contributed by atoms with E-state index < -0.39 is 0 Å². The zero-order valence-electron chi connectivity index (χ0n) is 7.68. The standard InChI is InChI=1S/C12H11BrN/c13-12(11-7-3-1-4-8-11)14-9-5-2-6-10-14/h1-10,12H/q+1. The number of nitrogens with zero attached hydrogens (tertiary/aromatic N) is 1. The van der Waals surface area contributed by atoms with Gasteiger partial charge in [-0.2, -0.15) is 4.57 Å². The summed E-state index contributed by atoms with van der Waals surface area (Å²) in [5.41, 5.74) is 1.25. The van der Waals surface area contributed by atoms with Crippen molar-refractivity contribution in [2.75, 3.05) is 0 Å². The van der Waals surface area contributed by atoms with Crippen LogP contribution in [0.4, 0.5) is 0 Å². The monoisotopic (exact) mass is 248 g/mol. The number of aromatic nitrogens is 1. The zero-order valence-corrected chi connectivity index (χ0v) is 9.26. The summed E-state index contributed by atoms with van der Waals surface area (Å²) in [6.45, 7) is 0. The highest BCUT2D eigenvalue weighted by Gasteiger charge is 2.14. The maximum atomic E-state index is 3.66. The normalized spacial score (nSPS) is 12.4.